The first-order valence-electron chi connectivity index (χ1n) is 9.04. The molecule has 1 aliphatic heterocycles. The lowest BCUT2D eigenvalue weighted by atomic mass is 10.0. The maximum Gasteiger partial charge on any atom is 0.133 e. The maximum atomic E-state index is 13.0. The highest BCUT2D eigenvalue weighted by Gasteiger charge is 2.42. The van der Waals surface area contributed by atoms with E-state index >= 15 is 0 Å². The number of fused-ring (bicyclic) bond motifs is 1. The SMILES string of the molecule is Oc1ccc(C(O)CN2C[C@H]3C[C@@H](Oc4ccc(F)cc4)C[C@H]3C2)nc1. The lowest BCUT2D eigenvalue weighted by molar-refractivity contribution is 0.113. The van der Waals surface area contributed by atoms with Gasteiger partial charge >= 0.3 is 0 Å². The molecule has 0 radical (unpaired) electrons. The van der Waals surface area contributed by atoms with Crippen molar-refractivity contribution in [3.63, 3.8) is 0 Å². The van der Waals surface area contributed by atoms with E-state index in [-0.39, 0.29) is 17.7 Å². The van der Waals surface area contributed by atoms with Crippen LogP contribution in [0.3, 0.4) is 0 Å². The van der Waals surface area contributed by atoms with Gasteiger partial charge in [0.15, 0.2) is 0 Å². The van der Waals surface area contributed by atoms with Crippen molar-refractivity contribution in [3.8, 4) is 11.5 Å². The third-order valence-corrected chi connectivity index (χ3v) is 5.44. The lowest BCUT2D eigenvalue weighted by Gasteiger charge is -2.22. The van der Waals surface area contributed by atoms with Gasteiger partial charge in [-0.1, -0.05) is 0 Å². The Morgan fingerprint density at radius 2 is 1.81 bits per heavy atom. The second-order valence-electron chi connectivity index (χ2n) is 7.36. The summed E-state index contributed by atoms with van der Waals surface area (Å²) >= 11 is 0. The molecule has 1 unspecified atom stereocenters. The van der Waals surface area contributed by atoms with E-state index in [1.165, 1.54) is 18.3 Å². The quantitative estimate of drug-likeness (QED) is 0.860. The predicted molar refractivity (Wildman–Crippen MR) is 94.3 cm³/mol. The van der Waals surface area contributed by atoms with Crippen LogP contribution >= 0.6 is 0 Å². The van der Waals surface area contributed by atoms with Crippen LogP contribution in [0.15, 0.2) is 42.6 Å². The fourth-order valence-electron chi connectivity index (χ4n) is 4.23. The average molecular weight is 358 g/mol. The van der Waals surface area contributed by atoms with Crippen molar-refractivity contribution in [3.05, 3.63) is 54.1 Å². The molecular formula is C20H23FN2O3. The Morgan fingerprint density at radius 1 is 1.12 bits per heavy atom. The van der Waals surface area contributed by atoms with Gasteiger partial charge in [-0.25, -0.2) is 4.39 Å². The Morgan fingerprint density at radius 3 is 2.42 bits per heavy atom. The number of halogens is 1. The predicted octanol–water partition coefficient (Wildman–Crippen LogP) is 2.75. The molecule has 26 heavy (non-hydrogen) atoms. The molecule has 6 heteroatoms. The lowest BCUT2D eigenvalue weighted by Crippen LogP contribution is -2.29. The second kappa shape index (κ2) is 7.21. The third kappa shape index (κ3) is 3.81. The van der Waals surface area contributed by atoms with Crippen LogP contribution in [0.4, 0.5) is 4.39 Å². The van der Waals surface area contributed by atoms with E-state index in [0.717, 1.165) is 31.7 Å². The number of aromatic hydroxyl groups is 1. The summed E-state index contributed by atoms with van der Waals surface area (Å²) < 4.78 is 19.0. The summed E-state index contributed by atoms with van der Waals surface area (Å²) in [4.78, 5) is 6.36. The zero-order chi connectivity index (χ0) is 18.1. The number of ether oxygens (including phenoxy) is 1. The molecule has 1 saturated carbocycles. The summed E-state index contributed by atoms with van der Waals surface area (Å²) in [6.07, 6.45) is 2.87. The van der Waals surface area contributed by atoms with E-state index in [2.05, 4.69) is 9.88 Å². The molecule has 1 aromatic carbocycles. The Labute approximate surface area is 152 Å². The first kappa shape index (κ1) is 17.2. The molecule has 138 valence electrons. The zero-order valence-corrected chi connectivity index (χ0v) is 14.5. The molecular weight excluding hydrogens is 335 g/mol. The van der Waals surface area contributed by atoms with E-state index in [1.54, 1.807) is 24.3 Å². The minimum absolute atomic E-state index is 0.101. The van der Waals surface area contributed by atoms with Crippen LogP contribution in [0, 0.1) is 17.7 Å². The van der Waals surface area contributed by atoms with Crippen molar-refractivity contribution in [2.24, 2.45) is 11.8 Å². The Kier molecular flexibility index (Phi) is 4.78. The molecule has 1 aromatic heterocycles. The van der Waals surface area contributed by atoms with E-state index in [9.17, 15) is 14.6 Å². The largest absolute Gasteiger partial charge is 0.506 e. The topological polar surface area (TPSA) is 65.8 Å². The molecule has 0 bridgehead atoms. The fraction of sp³-hybridized carbons (Fsp3) is 0.450. The van der Waals surface area contributed by atoms with E-state index < -0.39 is 6.10 Å². The standard InChI is InChI=1S/C20H23FN2O3/c21-15-1-4-17(5-2-15)26-18-7-13-10-23(11-14(13)8-18)12-20(25)19-6-3-16(24)9-22-19/h1-6,9,13-14,18,20,24-25H,7-8,10-12H2/t13-,14+,18-,20?. The zero-order valence-electron chi connectivity index (χ0n) is 14.5. The summed E-state index contributed by atoms with van der Waals surface area (Å²) in [6, 6.07) is 9.40. The van der Waals surface area contributed by atoms with Crippen molar-refractivity contribution in [2.75, 3.05) is 19.6 Å². The van der Waals surface area contributed by atoms with Crippen molar-refractivity contribution in [2.45, 2.75) is 25.0 Å². The number of nitrogens with zero attached hydrogens (tertiary/aromatic N) is 2. The summed E-state index contributed by atoms with van der Waals surface area (Å²) in [6.45, 7) is 2.44. The number of pyridine rings is 1. The minimum Gasteiger partial charge on any atom is -0.506 e. The second-order valence-corrected chi connectivity index (χ2v) is 7.36. The third-order valence-electron chi connectivity index (χ3n) is 5.44. The van der Waals surface area contributed by atoms with E-state index in [1.807, 2.05) is 0 Å². The molecule has 4 rings (SSSR count). The normalized spacial score (nSPS) is 26.6. The van der Waals surface area contributed by atoms with Gasteiger partial charge in [0.05, 0.1) is 18.0 Å². The van der Waals surface area contributed by atoms with Gasteiger partial charge in [0.25, 0.3) is 0 Å². The highest BCUT2D eigenvalue weighted by Crippen LogP contribution is 2.40. The van der Waals surface area contributed by atoms with Crippen molar-refractivity contribution >= 4 is 0 Å². The molecule has 2 heterocycles. The summed E-state index contributed by atoms with van der Waals surface area (Å²) in [5.74, 6) is 1.71. The van der Waals surface area contributed by atoms with Crippen LogP contribution in [-0.2, 0) is 0 Å². The van der Waals surface area contributed by atoms with Crippen molar-refractivity contribution in [1.82, 2.24) is 9.88 Å². The van der Waals surface area contributed by atoms with Gasteiger partial charge in [-0.2, -0.15) is 0 Å². The maximum absolute atomic E-state index is 13.0. The first-order chi connectivity index (χ1) is 12.6. The molecule has 2 N–H and O–H groups in total. The van der Waals surface area contributed by atoms with Gasteiger partial charge < -0.3 is 14.9 Å². The Balaban J connectivity index is 1.28. The highest BCUT2D eigenvalue weighted by atomic mass is 19.1. The van der Waals surface area contributed by atoms with Crippen LogP contribution < -0.4 is 4.74 Å². The van der Waals surface area contributed by atoms with Crippen LogP contribution in [0.25, 0.3) is 0 Å². The number of rotatable bonds is 5. The van der Waals surface area contributed by atoms with Crippen LogP contribution in [-0.4, -0.2) is 45.8 Å². The van der Waals surface area contributed by atoms with Crippen molar-refractivity contribution in [1.29, 1.82) is 0 Å². The summed E-state index contributed by atoms with van der Waals surface area (Å²) in [7, 11) is 0. The Bertz CT molecular complexity index is 724. The smallest absolute Gasteiger partial charge is 0.133 e. The van der Waals surface area contributed by atoms with Gasteiger partial charge in [-0.3, -0.25) is 9.88 Å². The van der Waals surface area contributed by atoms with Crippen LogP contribution in [0.2, 0.25) is 0 Å². The van der Waals surface area contributed by atoms with Crippen LogP contribution in [0.5, 0.6) is 11.5 Å². The van der Waals surface area contributed by atoms with E-state index in [4.69, 9.17) is 4.74 Å². The minimum atomic E-state index is -0.652. The molecule has 4 atom stereocenters. The molecule has 0 spiro atoms. The average Bonchev–Trinajstić information content (AvgIpc) is 3.15. The number of aromatic nitrogens is 1. The summed E-state index contributed by atoms with van der Waals surface area (Å²) in [5.41, 5.74) is 0.581. The van der Waals surface area contributed by atoms with E-state index in [0.29, 0.717) is 24.1 Å². The monoisotopic (exact) mass is 358 g/mol. The molecule has 2 aromatic rings. The van der Waals surface area contributed by atoms with Gasteiger partial charge in [0, 0.05) is 19.6 Å². The first-order valence-corrected chi connectivity index (χ1v) is 9.04. The fourth-order valence-corrected chi connectivity index (χ4v) is 4.23. The van der Waals surface area contributed by atoms with Gasteiger partial charge in [-0.15, -0.1) is 0 Å². The highest BCUT2D eigenvalue weighted by molar-refractivity contribution is 5.23. The number of hydrogen-bond acceptors (Lipinski definition) is 5. The molecule has 1 saturated heterocycles. The number of likely N-dealkylation sites (tertiary alicyclic amines) is 1. The number of hydrogen-bond donors (Lipinski definition) is 2. The van der Waals surface area contributed by atoms with Gasteiger partial charge in [0.2, 0.25) is 0 Å². The van der Waals surface area contributed by atoms with Crippen molar-refractivity contribution < 1.29 is 19.3 Å². The molecule has 0 amide bonds. The number of aliphatic hydroxyl groups is 1. The van der Waals surface area contributed by atoms with Crippen LogP contribution in [0.1, 0.15) is 24.6 Å². The molecule has 1 aliphatic carbocycles. The Hall–Kier alpha value is -2.18. The molecule has 2 fully saturated rings. The number of β-amino-alcohol motifs (C(OH)–C–C–N with tert-alkyl or cyclic N) is 1. The molecule has 5 nitrogen and oxygen atoms in total. The number of benzene rings is 1. The van der Waals surface area contributed by atoms with Gasteiger partial charge in [-0.05, 0) is 61.1 Å². The number of aliphatic hydroxyl groups excluding tert-OH is 1. The molecule has 2 aliphatic rings. The summed E-state index contributed by atoms with van der Waals surface area (Å²) in [5, 5.41) is 19.7. The van der Waals surface area contributed by atoms with Gasteiger partial charge in [0.1, 0.15) is 23.4 Å².